The molecule has 2 unspecified atom stereocenters. The van der Waals surface area contributed by atoms with Crippen LogP contribution in [0.1, 0.15) is 104 Å². The van der Waals surface area contributed by atoms with Gasteiger partial charge in [0.15, 0.2) is 6.29 Å². The summed E-state index contributed by atoms with van der Waals surface area (Å²) in [5, 5.41) is 0. The molecule has 1 saturated carbocycles. The van der Waals surface area contributed by atoms with Gasteiger partial charge in [-0.05, 0) is 86.8 Å². The first-order valence-electron chi connectivity index (χ1n) is 13.8. The van der Waals surface area contributed by atoms with E-state index in [1.54, 1.807) is 0 Å². The number of ether oxygens (including phenoxy) is 3. The molecule has 200 valence electrons. The largest absolute Gasteiger partial charge is 0.491 e. The Balaban J connectivity index is 1.45. The summed E-state index contributed by atoms with van der Waals surface area (Å²) in [6.45, 7) is 16.2. The van der Waals surface area contributed by atoms with Crippen LogP contribution in [-0.4, -0.2) is 25.0 Å². The van der Waals surface area contributed by atoms with Crippen molar-refractivity contribution in [3.8, 4) is 11.5 Å². The topological polar surface area (TPSA) is 53.7 Å². The molecule has 0 heterocycles. The Kier molecular flexibility index (Phi) is 9.51. The monoisotopic (exact) mass is 495 g/mol. The van der Waals surface area contributed by atoms with Gasteiger partial charge < -0.3 is 19.9 Å². The molecular formula is C32H49NO3. The van der Waals surface area contributed by atoms with Gasteiger partial charge in [-0.3, -0.25) is 0 Å². The van der Waals surface area contributed by atoms with E-state index in [1.165, 1.54) is 43.2 Å². The van der Waals surface area contributed by atoms with Gasteiger partial charge in [-0.15, -0.1) is 0 Å². The van der Waals surface area contributed by atoms with Crippen molar-refractivity contribution in [1.29, 1.82) is 0 Å². The molecule has 3 rings (SSSR count). The van der Waals surface area contributed by atoms with Gasteiger partial charge in [0.05, 0.1) is 6.61 Å². The summed E-state index contributed by atoms with van der Waals surface area (Å²) in [5.74, 6) is 2.40. The van der Waals surface area contributed by atoms with E-state index in [-0.39, 0.29) is 22.7 Å². The molecule has 2 atom stereocenters. The molecule has 0 aliphatic heterocycles. The van der Waals surface area contributed by atoms with Crippen LogP contribution in [0.5, 0.6) is 11.5 Å². The van der Waals surface area contributed by atoms with Gasteiger partial charge in [-0.1, -0.05) is 71.2 Å². The molecule has 1 fully saturated rings. The Hall–Kier alpha value is -2.04. The molecule has 4 nitrogen and oxygen atoms in total. The van der Waals surface area contributed by atoms with Crippen LogP contribution in [-0.2, 0) is 10.2 Å². The third-order valence-electron chi connectivity index (χ3n) is 7.76. The predicted molar refractivity (Wildman–Crippen MR) is 150 cm³/mol. The van der Waals surface area contributed by atoms with Crippen molar-refractivity contribution in [2.45, 2.75) is 110 Å². The van der Waals surface area contributed by atoms with Gasteiger partial charge in [0.1, 0.15) is 18.1 Å². The molecule has 0 saturated heterocycles. The fourth-order valence-corrected chi connectivity index (χ4v) is 5.54. The minimum absolute atomic E-state index is 0.155. The zero-order valence-corrected chi connectivity index (χ0v) is 23.7. The number of hydrogen-bond acceptors (Lipinski definition) is 4. The molecule has 36 heavy (non-hydrogen) atoms. The fourth-order valence-electron chi connectivity index (χ4n) is 5.54. The molecule has 2 N–H and O–H groups in total. The average Bonchev–Trinajstić information content (AvgIpc) is 2.81. The minimum Gasteiger partial charge on any atom is -0.491 e. The summed E-state index contributed by atoms with van der Waals surface area (Å²) >= 11 is 0. The summed E-state index contributed by atoms with van der Waals surface area (Å²) in [4.78, 5) is 0. The van der Waals surface area contributed by atoms with Crippen LogP contribution in [0.25, 0.3) is 0 Å². The zero-order valence-electron chi connectivity index (χ0n) is 23.7. The highest BCUT2D eigenvalue weighted by molar-refractivity contribution is 5.35. The quantitative estimate of drug-likeness (QED) is 0.253. The second-order valence-corrected chi connectivity index (χ2v) is 12.6. The van der Waals surface area contributed by atoms with E-state index in [2.05, 4.69) is 77.9 Å². The molecule has 0 radical (unpaired) electrons. The van der Waals surface area contributed by atoms with Crippen molar-refractivity contribution in [3.05, 3.63) is 59.7 Å². The predicted octanol–water partition coefficient (Wildman–Crippen LogP) is 7.99. The lowest BCUT2D eigenvalue weighted by molar-refractivity contribution is -0.0739. The Morgan fingerprint density at radius 2 is 1.39 bits per heavy atom. The molecule has 0 amide bonds. The highest BCUT2D eigenvalue weighted by Gasteiger charge is 2.42. The van der Waals surface area contributed by atoms with Gasteiger partial charge in [-0.25, -0.2) is 0 Å². The SMILES string of the molecule is CC(OCCOc1ccc(C2CCCCC2)cc1)Oc1ccc(C(C)(CC(C)(C)C)C(C)(C)N)cc1. The van der Waals surface area contributed by atoms with E-state index in [0.29, 0.717) is 13.2 Å². The van der Waals surface area contributed by atoms with Crippen LogP contribution in [0.4, 0.5) is 0 Å². The molecular weight excluding hydrogens is 446 g/mol. The lowest BCUT2D eigenvalue weighted by atomic mass is 9.62. The van der Waals surface area contributed by atoms with Crippen LogP contribution >= 0.6 is 0 Å². The normalized spacial score (nSPS) is 17.9. The lowest BCUT2D eigenvalue weighted by Gasteiger charge is -2.46. The van der Waals surface area contributed by atoms with Crippen molar-refractivity contribution >= 4 is 0 Å². The molecule has 1 aliphatic carbocycles. The molecule has 0 spiro atoms. The third-order valence-corrected chi connectivity index (χ3v) is 7.76. The van der Waals surface area contributed by atoms with Crippen molar-refractivity contribution in [1.82, 2.24) is 0 Å². The van der Waals surface area contributed by atoms with E-state index in [0.717, 1.165) is 23.8 Å². The van der Waals surface area contributed by atoms with Gasteiger partial charge >= 0.3 is 0 Å². The van der Waals surface area contributed by atoms with Crippen LogP contribution in [0.3, 0.4) is 0 Å². The van der Waals surface area contributed by atoms with E-state index in [9.17, 15) is 0 Å². The summed E-state index contributed by atoms with van der Waals surface area (Å²) < 4.78 is 17.7. The van der Waals surface area contributed by atoms with E-state index in [1.807, 2.05) is 19.1 Å². The summed E-state index contributed by atoms with van der Waals surface area (Å²) in [7, 11) is 0. The fraction of sp³-hybridized carbons (Fsp3) is 0.625. The van der Waals surface area contributed by atoms with Crippen LogP contribution in [0.15, 0.2) is 48.5 Å². The van der Waals surface area contributed by atoms with E-state index in [4.69, 9.17) is 19.9 Å². The summed E-state index contributed by atoms with van der Waals surface area (Å²) in [6, 6.07) is 16.9. The average molecular weight is 496 g/mol. The molecule has 4 heteroatoms. The maximum absolute atomic E-state index is 6.66. The maximum Gasteiger partial charge on any atom is 0.197 e. The van der Waals surface area contributed by atoms with Crippen molar-refractivity contribution in [2.24, 2.45) is 11.1 Å². The van der Waals surface area contributed by atoms with E-state index >= 15 is 0 Å². The highest BCUT2D eigenvalue weighted by atomic mass is 16.7. The van der Waals surface area contributed by atoms with E-state index < -0.39 is 0 Å². The Labute approximate surface area is 219 Å². The smallest absolute Gasteiger partial charge is 0.197 e. The van der Waals surface area contributed by atoms with Crippen LogP contribution < -0.4 is 15.2 Å². The number of rotatable bonds is 11. The van der Waals surface area contributed by atoms with Crippen LogP contribution in [0.2, 0.25) is 0 Å². The highest BCUT2D eigenvalue weighted by Crippen LogP contribution is 2.43. The van der Waals surface area contributed by atoms with Gasteiger partial charge in [0.2, 0.25) is 0 Å². The Morgan fingerprint density at radius 1 is 0.806 bits per heavy atom. The second-order valence-electron chi connectivity index (χ2n) is 12.6. The number of benzene rings is 2. The van der Waals surface area contributed by atoms with Gasteiger partial charge in [0.25, 0.3) is 0 Å². The molecule has 2 aromatic carbocycles. The molecule has 0 aromatic heterocycles. The lowest BCUT2D eigenvalue weighted by Crippen LogP contribution is -2.53. The molecule has 0 bridgehead atoms. The first-order valence-corrected chi connectivity index (χ1v) is 13.8. The van der Waals surface area contributed by atoms with Crippen molar-refractivity contribution in [2.75, 3.05) is 13.2 Å². The summed E-state index contributed by atoms with van der Waals surface area (Å²) in [5.41, 5.74) is 9.00. The van der Waals surface area contributed by atoms with Crippen molar-refractivity contribution in [3.63, 3.8) is 0 Å². The third kappa shape index (κ3) is 7.98. The van der Waals surface area contributed by atoms with Gasteiger partial charge in [-0.2, -0.15) is 0 Å². The second kappa shape index (κ2) is 12.0. The first kappa shape index (κ1) is 28.5. The maximum atomic E-state index is 6.66. The standard InChI is InChI=1S/C32H49NO3/c1-24(34-21-22-35-28-17-13-26(14-18-28)25-11-9-8-10-12-25)36-29-19-15-27(16-20-29)32(7,31(5,6)33)23-30(2,3)4/h13-20,24-25H,8-12,21-23,33H2,1-7H3. The molecule has 2 aromatic rings. The number of nitrogens with two attached hydrogens (primary N) is 1. The molecule has 1 aliphatic rings. The van der Waals surface area contributed by atoms with Crippen LogP contribution in [0, 0.1) is 5.41 Å². The Morgan fingerprint density at radius 3 is 1.94 bits per heavy atom. The summed E-state index contributed by atoms with van der Waals surface area (Å²) in [6.07, 6.45) is 7.35. The minimum atomic E-state index is -0.361. The number of hydrogen-bond donors (Lipinski definition) is 1. The zero-order chi connectivity index (χ0) is 26.4. The Bertz CT molecular complexity index is 918. The first-order chi connectivity index (χ1) is 16.9. The van der Waals surface area contributed by atoms with Gasteiger partial charge in [0, 0.05) is 11.0 Å². The van der Waals surface area contributed by atoms with Crippen molar-refractivity contribution < 1.29 is 14.2 Å².